The molecular weight excluding hydrogens is 218 g/mol. The number of aromatic hydroxyl groups is 1. The first-order valence-electron chi connectivity index (χ1n) is 3.70. The van der Waals surface area contributed by atoms with Gasteiger partial charge in [0.05, 0.1) is 12.2 Å². The van der Waals surface area contributed by atoms with E-state index in [0.29, 0.717) is 12.2 Å². The van der Waals surface area contributed by atoms with Crippen molar-refractivity contribution in [3.8, 4) is 5.75 Å². The van der Waals surface area contributed by atoms with Crippen LogP contribution in [-0.2, 0) is 4.74 Å². The van der Waals surface area contributed by atoms with Crippen LogP contribution in [0.1, 0.15) is 17.3 Å². The van der Waals surface area contributed by atoms with E-state index in [1.165, 1.54) is 24.3 Å². The van der Waals surface area contributed by atoms with Gasteiger partial charge in [-0.1, -0.05) is 0 Å². The Morgan fingerprint density at radius 3 is 2.29 bits per heavy atom. The van der Waals surface area contributed by atoms with Crippen molar-refractivity contribution >= 4 is 86.9 Å². The fraction of sp³-hybridized carbons (Fsp3) is 0.222. The van der Waals surface area contributed by atoms with Crippen molar-refractivity contribution < 1.29 is 14.6 Å². The van der Waals surface area contributed by atoms with Crippen molar-refractivity contribution in [2.75, 3.05) is 6.61 Å². The number of phenols is 1. The second-order valence-corrected chi connectivity index (χ2v) is 2.27. The molecule has 0 aliphatic heterocycles. The predicted octanol–water partition coefficient (Wildman–Crippen LogP) is 0.272. The molecule has 1 aromatic rings. The summed E-state index contributed by atoms with van der Waals surface area (Å²) in [6.45, 7) is 2.11. The molecule has 1 N–H and O–H groups in total. The molecule has 0 bridgehead atoms. The summed E-state index contributed by atoms with van der Waals surface area (Å²) < 4.78 is 4.75. The number of esters is 1. The van der Waals surface area contributed by atoms with Gasteiger partial charge in [-0.15, -0.1) is 0 Å². The van der Waals surface area contributed by atoms with Crippen LogP contribution in [-0.4, -0.2) is 98.6 Å². The first-order valence-corrected chi connectivity index (χ1v) is 3.70. The van der Waals surface area contributed by atoms with Crippen LogP contribution in [0.5, 0.6) is 5.75 Å². The first-order chi connectivity index (χ1) is 5.74. The molecule has 0 aromatic heterocycles. The summed E-state index contributed by atoms with van der Waals surface area (Å²) in [5.74, 6) is -0.222. The van der Waals surface area contributed by atoms with Crippen LogP contribution < -0.4 is 0 Å². The summed E-state index contributed by atoms with van der Waals surface area (Å²) >= 11 is 0. The maximum atomic E-state index is 11.1. The Morgan fingerprint density at radius 2 is 1.86 bits per heavy atom. The number of hydrogen-bond acceptors (Lipinski definition) is 3. The van der Waals surface area contributed by atoms with Gasteiger partial charge >= 0.3 is 86.9 Å². The zero-order valence-corrected chi connectivity index (χ0v) is 6.78. The van der Waals surface area contributed by atoms with Gasteiger partial charge in [-0.25, -0.2) is 4.79 Å². The number of hydrogen-bond donors (Lipinski definition) is 1. The molecule has 1 aromatic carbocycles. The van der Waals surface area contributed by atoms with Gasteiger partial charge in [0.1, 0.15) is 5.75 Å². The summed E-state index contributed by atoms with van der Waals surface area (Å²) in [6.07, 6.45) is 0. The minimum atomic E-state index is -0.363. The van der Waals surface area contributed by atoms with E-state index >= 15 is 0 Å². The summed E-state index contributed by atoms with van der Waals surface area (Å²) in [5.41, 5.74) is 0.453. The summed E-state index contributed by atoms with van der Waals surface area (Å²) in [7, 11) is 0. The van der Waals surface area contributed by atoms with Gasteiger partial charge in [0.2, 0.25) is 0 Å². The van der Waals surface area contributed by atoms with Gasteiger partial charge in [-0.3, -0.25) is 0 Å². The molecule has 0 heterocycles. The fourth-order valence-electron chi connectivity index (χ4n) is 0.812. The van der Waals surface area contributed by atoms with Crippen LogP contribution in [0.3, 0.4) is 0 Å². The Bertz CT molecular complexity index is 274. The van der Waals surface area contributed by atoms with Crippen molar-refractivity contribution in [2.24, 2.45) is 0 Å². The molecule has 0 saturated heterocycles. The van der Waals surface area contributed by atoms with E-state index in [0.717, 1.165) is 0 Å². The third-order valence-electron chi connectivity index (χ3n) is 1.38. The zero-order chi connectivity index (χ0) is 8.97. The van der Waals surface area contributed by atoms with E-state index in [1.807, 2.05) is 0 Å². The predicted molar refractivity (Wildman–Crippen MR) is 58.4 cm³/mol. The molecule has 0 saturated carbocycles. The molecule has 5 heteroatoms. The van der Waals surface area contributed by atoms with Crippen molar-refractivity contribution in [1.82, 2.24) is 0 Å². The molecule has 0 unspecified atom stereocenters. The zero-order valence-electron chi connectivity index (χ0n) is 6.78. The van der Waals surface area contributed by atoms with Gasteiger partial charge in [0, 0.05) is 0 Å². The Kier molecular flexibility index (Phi) is 11.7. The summed E-state index contributed by atoms with van der Waals surface area (Å²) in [5, 5.41) is 8.92. The molecule has 3 nitrogen and oxygen atoms in total. The number of carbonyl (C=O) groups excluding carboxylic acids is 1. The van der Waals surface area contributed by atoms with Gasteiger partial charge in [0.15, 0.2) is 0 Å². The Hall–Kier alpha value is 1.13. The summed E-state index contributed by atoms with van der Waals surface area (Å²) in [6, 6.07) is 5.94. The molecule has 0 radical (unpaired) electrons. The van der Waals surface area contributed by atoms with E-state index < -0.39 is 0 Å². The number of ether oxygens (including phenoxy) is 1. The Balaban J connectivity index is 0. The number of benzene rings is 1. The van der Waals surface area contributed by atoms with Crippen LogP contribution in [0.25, 0.3) is 0 Å². The molecule has 0 atom stereocenters. The first kappa shape index (κ1) is 17.5. The van der Waals surface area contributed by atoms with Crippen molar-refractivity contribution in [3.63, 3.8) is 0 Å². The molecule has 0 spiro atoms. The maximum absolute atomic E-state index is 11.1. The van der Waals surface area contributed by atoms with Crippen LogP contribution in [0.4, 0.5) is 0 Å². The number of phenolic OH excluding ortho intramolecular Hbond substituents is 1. The topological polar surface area (TPSA) is 46.5 Å². The van der Waals surface area contributed by atoms with Crippen molar-refractivity contribution in [2.45, 2.75) is 6.92 Å². The van der Waals surface area contributed by atoms with Crippen molar-refractivity contribution in [3.05, 3.63) is 29.8 Å². The van der Waals surface area contributed by atoms with E-state index in [1.54, 1.807) is 6.92 Å². The molecule has 0 amide bonds. The molecular formula is C9H12KNaO3. The Morgan fingerprint density at radius 1 is 1.36 bits per heavy atom. The Labute approximate surface area is 148 Å². The number of carbonyl (C=O) groups is 1. The monoisotopic (exact) mass is 230 g/mol. The fourth-order valence-corrected chi connectivity index (χ4v) is 0.812. The molecule has 0 aliphatic carbocycles. The quantitative estimate of drug-likeness (QED) is 0.586. The van der Waals surface area contributed by atoms with Crippen LogP contribution in [0.15, 0.2) is 24.3 Å². The van der Waals surface area contributed by atoms with Gasteiger partial charge in [-0.2, -0.15) is 0 Å². The third kappa shape index (κ3) is 5.87. The second kappa shape index (κ2) is 9.36. The molecule has 0 fully saturated rings. The molecule has 14 heavy (non-hydrogen) atoms. The second-order valence-electron chi connectivity index (χ2n) is 2.27. The molecule has 0 aliphatic rings. The molecule has 68 valence electrons. The minimum absolute atomic E-state index is 0. The average molecular weight is 230 g/mol. The van der Waals surface area contributed by atoms with Crippen molar-refractivity contribution in [1.29, 1.82) is 0 Å². The van der Waals surface area contributed by atoms with E-state index in [4.69, 9.17) is 9.84 Å². The number of rotatable bonds is 2. The van der Waals surface area contributed by atoms with Crippen LogP contribution in [0, 0.1) is 0 Å². The molecule has 1 rings (SSSR count). The average Bonchev–Trinajstić information content (AvgIpc) is 2.06. The van der Waals surface area contributed by atoms with Gasteiger partial charge in [0.25, 0.3) is 0 Å². The standard InChI is InChI=1S/C9H10O3.K.Na.2H/c1-2-12-9(11)7-3-5-8(10)6-4-7;;;;/h3-6,10H,2H2,1H3;;;;. The van der Waals surface area contributed by atoms with Gasteiger partial charge < -0.3 is 9.84 Å². The van der Waals surface area contributed by atoms with Gasteiger partial charge in [-0.05, 0) is 31.2 Å². The van der Waals surface area contributed by atoms with Crippen LogP contribution in [0.2, 0.25) is 0 Å². The SMILES string of the molecule is CCOC(=O)c1ccc(O)cc1.[KH].[NaH]. The van der Waals surface area contributed by atoms with Crippen LogP contribution >= 0.6 is 0 Å². The normalized spacial score (nSPS) is 8.07. The van der Waals surface area contributed by atoms with E-state index in [2.05, 4.69) is 0 Å². The summed E-state index contributed by atoms with van der Waals surface area (Å²) in [4.78, 5) is 11.1. The third-order valence-corrected chi connectivity index (χ3v) is 1.38. The van der Waals surface area contributed by atoms with E-state index in [9.17, 15) is 4.79 Å². The van der Waals surface area contributed by atoms with E-state index in [-0.39, 0.29) is 92.7 Å².